The van der Waals surface area contributed by atoms with Gasteiger partial charge < -0.3 is 10.0 Å². The summed E-state index contributed by atoms with van der Waals surface area (Å²) in [4.78, 5) is 27.1. The van der Waals surface area contributed by atoms with E-state index in [4.69, 9.17) is 12.2 Å². The van der Waals surface area contributed by atoms with E-state index >= 15 is 0 Å². The number of hydrogen-bond donors (Lipinski definition) is 1. The number of carboxylic acids is 1. The van der Waals surface area contributed by atoms with Gasteiger partial charge in [-0.3, -0.25) is 14.5 Å². The fourth-order valence-electron chi connectivity index (χ4n) is 2.77. The Balaban J connectivity index is 1.94. The average Bonchev–Trinajstić information content (AvgIpc) is 2.80. The molecule has 1 heterocycles. The number of benzene rings is 2. The number of carbonyl (C=O) groups is 2. The highest BCUT2D eigenvalue weighted by molar-refractivity contribution is 7.80. The van der Waals surface area contributed by atoms with Crippen LogP contribution in [-0.2, 0) is 16.1 Å². The van der Waals surface area contributed by atoms with E-state index in [1.54, 1.807) is 17.0 Å². The zero-order valence-corrected chi connectivity index (χ0v) is 13.6. The smallest absolute Gasteiger partial charge is 0.305 e. The molecular weight excluding hydrogens is 324 g/mol. The maximum Gasteiger partial charge on any atom is 0.305 e. The lowest BCUT2D eigenvalue weighted by atomic mass is 10.1. The van der Waals surface area contributed by atoms with E-state index in [1.807, 2.05) is 48.5 Å². The second-order valence-corrected chi connectivity index (χ2v) is 5.88. The number of hydrogen-bond acceptors (Lipinski definition) is 3. The number of thiocarbonyl (C=S) groups is 1. The van der Waals surface area contributed by atoms with E-state index in [9.17, 15) is 14.7 Å². The molecule has 1 atom stereocenters. The molecular formula is C18H16N2O3S. The third kappa shape index (κ3) is 3.14. The SMILES string of the molecule is O=C(O)CC1C(=O)N(c2ccccc2)C(=S)N1Cc1ccccc1. The van der Waals surface area contributed by atoms with Crippen LogP contribution in [0.1, 0.15) is 12.0 Å². The minimum atomic E-state index is -1.02. The first kappa shape index (κ1) is 16.1. The van der Waals surface area contributed by atoms with Gasteiger partial charge >= 0.3 is 5.97 Å². The topological polar surface area (TPSA) is 60.9 Å². The molecule has 5 nitrogen and oxygen atoms in total. The molecule has 1 saturated heterocycles. The van der Waals surface area contributed by atoms with Gasteiger partial charge in [-0.25, -0.2) is 0 Å². The van der Waals surface area contributed by atoms with Crippen molar-refractivity contribution in [1.82, 2.24) is 4.90 Å². The van der Waals surface area contributed by atoms with Gasteiger partial charge in [0.05, 0.1) is 12.1 Å². The summed E-state index contributed by atoms with van der Waals surface area (Å²) in [5, 5.41) is 9.51. The molecule has 1 amide bonds. The molecule has 2 aromatic rings. The van der Waals surface area contributed by atoms with E-state index in [0.717, 1.165) is 5.56 Å². The van der Waals surface area contributed by atoms with Crippen LogP contribution in [0.25, 0.3) is 0 Å². The Bertz CT molecular complexity index is 764. The quantitative estimate of drug-likeness (QED) is 0.848. The van der Waals surface area contributed by atoms with Crippen molar-refractivity contribution in [3.8, 4) is 0 Å². The first-order valence-electron chi connectivity index (χ1n) is 7.53. The second kappa shape index (κ2) is 6.80. The minimum absolute atomic E-state index is 0.283. The van der Waals surface area contributed by atoms with Crippen molar-refractivity contribution in [3.05, 3.63) is 66.2 Å². The van der Waals surface area contributed by atoms with Crippen LogP contribution in [0.4, 0.5) is 5.69 Å². The summed E-state index contributed by atoms with van der Waals surface area (Å²) >= 11 is 5.49. The number of carbonyl (C=O) groups excluding carboxylic acids is 1. The summed E-state index contributed by atoms with van der Waals surface area (Å²) in [6.45, 7) is 0.396. The third-order valence-corrected chi connectivity index (χ3v) is 4.31. The van der Waals surface area contributed by atoms with E-state index in [0.29, 0.717) is 17.3 Å². The van der Waals surface area contributed by atoms with Gasteiger partial charge in [-0.2, -0.15) is 0 Å². The molecule has 2 aromatic carbocycles. The van der Waals surface area contributed by atoms with Crippen LogP contribution in [0.3, 0.4) is 0 Å². The molecule has 1 unspecified atom stereocenters. The van der Waals surface area contributed by atoms with Gasteiger partial charge in [-0.05, 0) is 29.9 Å². The fourth-order valence-corrected chi connectivity index (χ4v) is 3.16. The standard InChI is InChI=1S/C18H16N2O3S/c21-16(22)11-15-17(23)20(14-9-5-2-6-10-14)18(24)19(15)12-13-7-3-1-4-8-13/h1-10,15H,11-12H2,(H,21,22). The normalized spacial score (nSPS) is 17.4. The Morgan fingerprint density at radius 2 is 1.62 bits per heavy atom. The van der Waals surface area contributed by atoms with Crippen LogP contribution in [0.15, 0.2) is 60.7 Å². The number of rotatable bonds is 5. The van der Waals surface area contributed by atoms with Crippen molar-refractivity contribution in [1.29, 1.82) is 0 Å². The van der Waals surface area contributed by atoms with E-state index in [2.05, 4.69) is 0 Å². The maximum atomic E-state index is 12.8. The molecule has 24 heavy (non-hydrogen) atoms. The Labute approximate surface area is 145 Å². The number of amides is 1. The Kier molecular flexibility index (Phi) is 4.57. The molecule has 3 rings (SSSR count). The summed E-state index contributed by atoms with van der Waals surface area (Å²) in [6, 6.07) is 17.8. The van der Waals surface area contributed by atoms with Gasteiger partial charge in [-0.15, -0.1) is 0 Å². The molecule has 0 spiro atoms. The molecule has 1 fully saturated rings. The minimum Gasteiger partial charge on any atom is -0.481 e. The third-order valence-electron chi connectivity index (χ3n) is 3.90. The summed E-state index contributed by atoms with van der Waals surface area (Å²) in [6.07, 6.45) is -0.283. The largest absolute Gasteiger partial charge is 0.481 e. The number of anilines is 1. The van der Waals surface area contributed by atoms with Gasteiger partial charge in [0.2, 0.25) is 0 Å². The number of aliphatic carboxylic acids is 1. The van der Waals surface area contributed by atoms with Gasteiger partial charge in [0.25, 0.3) is 5.91 Å². The Hall–Kier alpha value is -2.73. The van der Waals surface area contributed by atoms with Crippen molar-refractivity contribution in [2.24, 2.45) is 0 Å². The Morgan fingerprint density at radius 1 is 1.04 bits per heavy atom. The summed E-state index contributed by atoms with van der Waals surface area (Å²) in [5.41, 5.74) is 1.62. The predicted octanol–water partition coefficient (Wildman–Crippen LogP) is 2.66. The highest BCUT2D eigenvalue weighted by atomic mass is 32.1. The monoisotopic (exact) mass is 340 g/mol. The molecule has 1 aliphatic heterocycles. The first-order chi connectivity index (χ1) is 11.6. The fraction of sp³-hybridized carbons (Fsp3) is 0.167. The molecule has 0 aliphatic carbocycles. The molecule has 1 N–H and O–H groups in total. The molecule has 1 aliphatic rings. The van der Waals surface area contributed by atoms with Crippen molar-refractivity contribution in [3.63, 3.8) is 0 Å². The van der Waals surface area contributed by atoms with Crippen LogP contribution < -0.4 is 4.90 Å². The van der Waals surface area contributed by atoms with Crippen LogP contribution in [0, 0.1) is 0 Å². The second-order valence-electron chi connectivity index (χ2n) is 5.52. The lowest BCUT2D eigenvalue weighted by Gasteiger charge is -2.23. The molecule has 122 valence electrons. The van der Waals surface area contributed by atoms with Crippen molar-refractivity contribution in [2.75, 3.05) is 4.90 Å². The molecule has 6 heteroatoms. The van der Waals surface area contributed by atoms with Gasteiger partial charge in [0.15, 0.2) is 5.11 Å². The van der Waals surface area contributed by atoms with Gasteiger partial charge in [0, 0.05) is 6.54 Å². The lowest BCUT2D eigenvalue weighted by molar-refractivity contribution is -0.140. The molecule has 0 radical (unpaired) electrons. The van der Waals surface area contributed by atoms with Gasteiger partial charge in [0.1, 0.15) is 6.04 Å². The zero-order valence-electron chi connectivity index (χ0n) is 12.8. The first-order valence-corrected chi connectivity index (χ1v) is 7.94. The van der Waals surface area contributed by atoms with Crippen molar-refractivity contribution < 1.29 is 14.7 Å². The van der Waals surface area contributed by atoms with Crippen LogP contribution in [0.5, 0.6) is 0 Å². The Morgan fingerprint density at radius 3 is 2.21 bits per heavy atom. The maximum absolute atomic E-state index is 12.8. The van der Waals surface area contributed by atoms with Gasteiger partial charge in [-0.1, -0.05) is 48.5 Å². The molecule has 0 aromatic heterocycles. The van der Waals surface area contributed by atoms with E-state index in [-0.39, 0.29) is 12.3 Å². The number of nitrogens with zero attached hydrogens (tertiary/aromatic N) is 2. The predicted molar refractivity (Wildman–Crippen MR) is 94.6 cm³/mol. The number of carboxylic acid groups (broad SMARTS) is 1. The summed E-state index contributed by atoms with van der Waals surface area (Å²) < 4.78 is 0. The summed E-state index contributed by atoms with van der Waals surface area (Å²) in [5.74, 6) is -1.33. The number of para-hydroxylation sites is 1. The molecule has 0 saturated carbocycles. The van der Waals surface area contributed by atoms with Crippen LogP contribution in [0.2, 0.25) is 0 Å². The average molecular weight is 340 g/mol. The summed E-state index contributed by atoms with van der Waals surface area (Å²) in [7, 11) is 0. The zero-order chi connectivity index (χ0) is 17.1. The lowest BCUT2D eigenvalue weighted by Crippen LogP contribution is -2.36. The molecule has 0 bridgehead atoms. The van der Waals surface area contributed by atoms with Crippen molar-refractivity contribution >= 4 is 34.9 Å². The highest BCUT2D eigenvalue weighted by Gasteiger charge is 2.44. The van der Waals surface area contributed by atoms with E-state index in [1.165, 1.54) is 4.90 Å². The van der Waals surface area contributed by atoms with Crippen LogP contribution >= 0.6 is 12.2 Å². The van der Waals surface area contributed by atoms with Crippen molar-refractivity contribution in [2.45, 2.75) is 19.0 Å². The van der Waals surface area contributed by atoms with E-state index < -0.39 is 12.0 Å². The van der Waals surface area contributed by atoms with Crippen LogP contribution in [-0.4, -0.2) is 33.0 Å². The highest BCUT2D eigenvalue weighted by Crippen LogP contribution is 2.28.